The van der Waals surface area contributed by atoms with Crippen LogP contribution in [0, 0.1) is 0 Å². The largest absolute Gasteiger partial charge is 0.329 e. The highest BCUT2D eigenvalue weighted by atomic mass is 79.9. The van der Waals surface area contributed by atoms with Crippen LogP contribution in [0.2, 0.25) is 0 Å². The summed E-state index contributed by atoms with van der Waals surface area (Å²) >= 11 is 3.45. The second-order valence-electron chi connectivity index (χ2n) is 4.63. The van der Waals surface area contributed by atoms with Crippen LogP contribution in [0.1, 0.15) is 5.56 Å². The fourth-order valence-corrected chi connectivity index (χ4v) is 2.67. The maximum atomic E-state index is 5.85. The van der Waals surface area contributed by atoms with Gasteiger partial charge in [-0.15, -0.1) is 0 Å². The van der Waals surface area contributed by atoms with Crippen molar-refractivity contribution in [3.8, 4) is 0 Å². The van der Waals surface area contributed by atoms with Crippen molar-refractivity contribution in [2.24, 2.45) is 5.73 Å². The molecule has 5 heteroatoms. The Bertz CT molecular complexity index is 371. The Balaban J connectivity index is 2.02. The van der Waals surface area contributed by atoms with E-state index in [-0.39, 0.29) is 0 Å². The molecular formula is C12H19BrN4. The van der Waals surface area contributed by atoms with Crippen LogP contribution in [0.3, 0.4) is 0 Å². The monoisotopic (exact) mass is 298 g/mol. The van der Waals surface area contributed by atoms with E-state index in [1.54, 1.807) is 0 Å². The minimum atomic E-state index is 0.452. The standard InChI is InChI=1S/C12H19BrN4/c1-16-2-3-17(12(5-14)9-16)8-10-4-11(13)7-15-6-10/h4,6-7,12H,2-3,5,8-9,14H2,1H3. The number of nitrogens with zero attached hydrogens (tertiary/aromatic N) is 3. The molecule has 0 spiro atoms. The number of halogens is 1. The summed E-state index contributed by atoms with van der Waals surface area (Å²) in [6.45, 7) is 4.88. The lowest BCUT2D eigenvalue weighted by molar-refractivity contribution is 0.0880. The molecule has 1 unspecified atom stereocenters. The Kier molecular flexibility index (Phi) is 4.50. The molecule has 1 aliphatic rings. The maximum Gasteiger partial charge on any atom is 0.0410 e. The van der Waals surface area contributed by atoms with Crippen molar-refractivity contribution in [2.75, 3.05) is 33.2 Å². The third-order valence-corrected chi connectivity index (χ3v) is 3.66. The van der Waals surface area contributed by atoms with E-state index < -0.39 is 0 Å². The van der Waals surface area contributed by atoms with Gasteiger partial charge in [0, 0.05) is 55.6 Å². The number of piperazine rings is 1. The van der Waals surface area contributed by atoms with E-state index in [1.807, 2.05) is 12.4 Å². The first-order chi connectivity index (χ1) is 8.19. The number of hydrogen-bond donors (Lipinski definition) is 1. The zero-order valence-electron chi connectivity index (χ0n) is 10.1. The molecule has 0 saturated carbocycles. The Hall–Kier alpha value is -0.490. The normalized spacial score (nSPS) is 22.9. The van der Waals surface area contributed by atoms with Crippen LogP contribution in [0.25, 0.3) is 0 Å². The molecular weight excluding hydrogens is 280 g/mol. The van der Waals surface area contributed by atoms with Crippen LogP contribution < -0.4 is 5.73 Å². The van der Waals surface area contributed by atoms with E-state index >= 15 is 0 Å². The SMILES string of the molecule is CN1CCN(Cc2cncc(Br)c2)C(CN)C1. The van der Waals surface area contributed by atoms with Gasteiger partial charge in [0.2, 0.25) is 0 Å². The molecule has 2 heterocycles. The summed E-state index contributed by atoms with van der Waals surface area (Å²) in [4.78, 5) is 8.99. The fourth-order valence-electron chi connectivity index (χ4n) is 2.26. The topological polar surface area (TPSA) is 45.4 Å². The Morgan fingerprint density at radius 1 is 1.47 bits per heavy atom. The van der Waals surface area contributed by atoms with Crippen LogP contribution in [-0.2, 0) is 6.54 Å². The molecule has 0 bridgehead atoms. The van der Waals surface area contributed by atoms with Crippen molar-refractivity contribution in [1.29, 1.82) is 0 Å². The summed E-state index contributed by atoms with van der Waals surface area (Å²) in [6, 6.07) is 2.58. The van der Waals surface area contributed by atoms with Crippen LogP contribution in [-0.4, -0.2) is 54.1 Å². The predicted octanol–water partition coefficient (Wildman–Crippen LogP) is 0.919. The summed E-state index contributed by atoms with van der Waals surface area (Å²) in [5.74, 6) is 0. The Morgan fingerprint density at radius 2 is 2.29 bits per heavy atom. The van der Waals surface area contributed by atoms with Gasteiger partial charge < -0.3 is 10.6 Å². The first kappa shape index (κ1) is 13.0. The summed E-state index contributed by atoms with van der Waals surface area (Å²) < 4.78 is 1.04. The van der Waals surface area contributed by atoms with Gasteiger partial charge in [0.15, 0.2) is 0 Å². The maximum absolute atomic E-state index is 5.85. The molecule has 1 aromatic heterocycles. The van der Waals surface area contributed by atoms with E-state index in [4.69, 9.17) is 5.73 Å². The number of rotatable bonds is 3. The van der Waals surface area contributed by atoms with Gasteiger partial charge in [-0.1, -0.05) is 0 Å². The second-order valence-corrected chi connectivity index (χ2v) is 5.55. The number of nitrogens with two attached hydrogens (primary N) is 1. The van der Waals surface area contributed by atoms with E-state index in [9.17, 15) is 0 Å². The third-order valence-electron chi connectivity index (χ3n) is 3.23. The van der Waals surface area contributed by atoms with Crippen molar-refractivity contribution >= 4 is 15.9 Å². The molecule has 1 aromatic rings. The van der Waals surface area contributed by atoms with Crippen molar-refractivity contribution < 1.29 is 0 Å². The van der Waals surface area contributed by atoms with E-state index in [0.29, 0.717) is 12.6 Å². The molecule has 0 amide bonds. The van der Waals surface area contributed by atoms with Crippen LogP contribution in [0.4, 0.5) is 0 Å². The van der Waals surface area contributed by atoms with E-state index in [0.717, 1.165) is 30.7 Å². The highest BCUT2D eigenvalue weighted by Crippen LogP contribution is 2.15. The van der Waals surface area contributed by atoms with Gasteiger partial charge in [0.05, 0.1) is 0 Å². The van der Waals surface area contributed by atoms with Crippen molar-refractivity contribution in [1.82, 2.24) is 14.8 Å². The molecule has 4 nitrogen and oxygen atoms in total. The van der Waals surface area contributed by atoms with Crippen molar-refractivity contribution in [3.05, 3.63) is 28.5 Å². The van der Waals surface area contributed by atoms with Crippen LogP contribution >= 0.6 is 15.9 Å². The number of likely N-dealkylation sites (N-methyl/N-ethyl adjacent to an activating group) is 1. The molecule has 2 N–H and O–H groups in total. The minimum Gasteiger partial charge on any atom is -0.329 e. The molecule has 94 valence electrons. The predicted molar refractivity (Wildman–Crippen MR) is 72.7 cm³/mol. The van der Waals surface area contributed by atoms with Gasteiger partial charge in [0.25, 0.3) is 0 Å². The van der Waals surface area contributed by atoms with Gasteiger partial charge in [0.1, 0.15) is 0 Å². The van der Waals surface area contributed by atoms with Crippen LogP contribution in [0.5, 0.6) is 0 Å². The molecule has 0 aromatic carbocycles. The Labute approximate surface area is 111 Å². The average molecular weight is 299 g/mol. The molecule has 0 aliphatic carbocycles. The third kappa shape index (κ3) is 3.48. The summed E-state index contributed by atoms with van der Waals surface area (Å²) in [5.41, 5.74) is 7.08. The number of pyridine rings is 1. The molecule has 1 fully saturated rings. The smallest absolute Gasteiger partial charge is 0.0410 e. The first-order valence-electron chi connectivity index (χ1n) is 5.91. The first-order valence-corrected chi connectivity index (χ1v) is 6.70. The zero-order valence-corrected chi connectivity index (χ0v) is 11.7. The Morgan fingerprint density at radius 3 is 3.00 bits per heavy atom. The van der Waals surface area contributed by atoms with Crippen LogP contribution in [0.15, 0.2) is 22.9 Å². The molecule has 2 rings (SSSR count). The summed E-state index contributed by atoms with van der Waals surface area (Å²) in [6.07, 6.45) is 3.74. The fraction of sp³-hybridized carbons (Fsp3) is 0.583. The van der Waals surface area contributed by atoms with Crippen molar-refractivity contribution in [2.45, 2.75) is 12.6 Å². The quantitative estimate of drug-likeness (QED) is 0.901. The van der Waals surface area contributed by atoms with Gasteiger partial charge >= 0.3 is 0 Å². The zero-order chi connectivity index (χ0) is 12.3. The molecule has 1 aliphatic heterocycles. The number of hydrogen-bond acceptors (Lipinski definition) is 4. The second kappa shape index (κ2) is 5.91. The average Bonchev–Trinajstić information content (AvgIpc) is 2.31. The van der Waals surface area contributed by atoms with Gasteiger partial charge in [-0.3, -0.25) is 9.88 Å². The lowest BCUT2D eigenvalue weighted by Gasteiger charge is -2.39. The minimum absolute atomic E-state index is 0.452. The number of aromatic nitrogens is 1. The molecule has 0 radical (unpaired) electrons. The molecule has 1 atom stereocenters. The van der Waals surface area contributed by atoms with Gasteiger partial charge in [-0.25, -0.2) is 0 Å². The van der Waals surface area contributed by atoms with Crippen molar-refractivity contribution in [3.63, 3.8) is 0 Å². The lowest BCUT2D eigenvalue weighted by atomic mass is 10.1. The highest BCUT2D eigenvalue weighted by Gasteiger charge is 2.23. The summed E-state index contributed by atoms with van der Waals surface area (Å²) in [5, 5.41) is 0. The van der Waals surface area contributed by atoms with E-state index in [2.05, 4.69) is 43.8 Å². The van der Waals surface area contributed by atoms with E-state index in [1.165, 1.54) is 5.56 Å². The van der Waals surface area contributed by atoms with Gasteiger partial charge in [-0.2, -0.15) is 0 Å². The van der Waals surface area contributed by atoms with Gasteiger partial charge in [-0.05, 0) is 34.6 Å². The lowest BCUT2D eigenvalue weighted by Crippen LogP contribution is -2.54. The molecule has 1 saturated heterocycles. The summed E-state index contributed by atoms with van der Waals surface area (Å²) in [7, 11) is 2.15. The highest BCUT2D eigenvalue weighted by molar-refractivity contribution is 9.10. The molecule has 17 heavy (non-hydrogen) atoms.